The first-order chi connectivity index (χ1) is 7.92. The third-order valence-electron chi connectivity index (χ3n) is 2.31. The van der Waals surface area contributed by atoms with Gasteiger partial charge in [-0.2, -0.15) is 5.48 Å². The molecule has 0 amide bonds. The van der Waals surface area contributed by atoms with E-state index < -0.39 is 0 Å². The van der Waals surface area contributed by atoms with Gasteiger partial charge in [0.15, 0.2) is 0 Å². The van der Waals surface area contributed by atoms with Gasteiger partial charge in [-0.25, -0.2) is 0 Å². The topological polar surface area (TPSA) is 34.4 Å². The van der Waals surface area contributed by atoms with Gasteiger partial charge in [-0.05, 0) is 24.6 Å². The molecular weight excluding hydrogens is 202 g/mol. The van der Waals surface area contributed by atoms with Gasteiger partial charge in [-0.1, -0.05) is 30.3 Å². The van der Waals surface area contributed by atoms with Crippen LogP contribution in [0.1, 0.15) is 24.3 Å². The maximum absolute atomic E-state index is 5.40. The van der Waals surface area contributed by atoms with Gasteiger partial charge in [0.2, 0.25) is 0 Å². The predicted octanol–water partition coefficient (Wildman–Crippen LogP) is 2.91. The van der Waals surface area contributed by atoms with E-state index in [1.165, 1.54) is 0 Å². The van der Waals surface area contributed by atoms with E-state index in [4.69, 9.17) is 9.25 Å². The molecule has 16 heavy (non-hydrogen) atoms. The number of benzene rings is 1. The molecule has 0 fully saturated rings. The molecule has 2 aromatic rings. The van der Waals surface area contributed by atoms with Crippen molar-refractivity contribution in [2.24, 2.45) is 0 Å². The third kappa shape index (κ3) is 2.51. The summed E-state index contributed by atoms with van der Waals surface area (Å²) in [5, 5.41) is 0. The highest BCUT2D eigenvalue weighted by molar-refractivity contribution is 5.25. The summed E-state index contributed by atoms with van der Waals surface area (Å²) in [5.41, 5.74) is 4.11. The van der Waals surface area contributed by atoms with E-state index in [1.807, 2.05) is 49.4 Å². The first-order valence-corrected chi connectivity index (χ1v) is 5.37. The fourth-order valence-corrected chi connectivity index (χ4v) is 1.56. The summed E-state index contributed by atoms with van der Waals surface area (Å²) in [6.07, 6.45) is 1.67. The van der Waals surface area contributed by atoms with Crippen LogP contribution in [0.5, 0.6) is 0 Å². The highest BCUT2D eigenvalue weighted by atomic mass is 16.6. The molecule has 0 aliphatic rings. The quantitative estimate of drug-likeness (QED) is 0.782. The molecular formula is C13H15NO2. The molecule has 2 rings (SSSR count). The first-order valence-electron chi connectivity index (χ1n) is 5.37. The Balaban J connectivity index is 2.21. The number of nitrogens with one attached hydrogen (secondary N) is 1. The van der Waals surface area contributed by atoms with Gasteiger partial charge < -0.3 is 9.25 Å². The predicted molar refractivity (Wildman–Crippen MR) is 61.8 cm³/mol. The van der Waals surface area contributed by atoms with Crippen LogP contribution in [0.25, 0.3) is 0 Å². The van der Waals surface area contributed by atoms with Crippen molar-refractivity contribution >= 4 is 0 Å². The monoisotopic (exact) mass is 217 g/mol. The molecule has 1 atom stereocenters. The van der Waals surface area contributed by atoms with Crippen LogP contribution in [0, 0.1) is 0 Å². The fourth-order valence-electron chi connectivity index (χ4n) is 1.56. The Labute approximate surface area is 95.0 Å². The van der Waals surface area contributed by atoms with Crippen LogP contribution in [-0.4, -0.2) is 6.61 Å². The van der Waals surface area contributed by atoms with E-state index in [0.29, 0.717) is 6.61 Å². The highest BCUT2D eigenvalue weighted by Gasteiger charge is 2.15. The van der Waals surface area contributed by atoms with Gasteiger partial charge in [-0.3, -0.25) is 0 Å². The number of furan rings is 1. The highest BCUT2D eigenvalue weighted by Crippen LogP contribution is 2.21. The van der Waals surface area contributed by atoms with Crippen LogP contribution in [0.15, 0.2) is 53.1 Å². The lowest BCUT2D eigenvalue weighted by Crippen LogP contribution is -2.22. The second-order valence-electron chi connectivity index (χ2n) is 3.41. The number of rotatable bonds is 5. The number of hydrogen-bond acceptors (Lipinski definition) is 3. The van der Waals surface area contributed by atoms with E-state index >= 15 is 0 Å². The maximum atomic E-state index is 5.40. The summed E-state index contributed by atoms with van der Waals surface area (Å²) >= 11 is 0. The minimum atomic E-state index is -0.0591. The van der Waals surface area contributed by atoms with E-state index in [2.05, 4.69) is 5.48 Å². The minimum Gasteiger partial charge on any atom is -0.467 e. The van der Waals surface area contributed by atoms with Crippen LogP contribution in [0.2, 0.25) is 0 Å². The maximum Gasteiger partial charge on any atom is 0.127 e. The smallest absolute Gasteiger partial charge is 0.127 e. The molecule has 1 N–H and O–H groups in total. The first kappa shape index (κ1) is 10.9. The van der Waals surface area contributed by atoms with Crippen molar-refractivity contribution in [2.45, 2.75) is 13.0 Å². The second kappa shape index (κ2) is 5.49. The van der Waals surface area contributed by atoms with Crippen LogP contribution in [-0.2, 0) is 4.84 Å². The van der Waals surface area contributed by atoms with Crippen LogP contribution >= 0.6 is 0 Å². The Kier molecular flexibility index (Phi) is 3.75. The molecule has 1 aromatic carbocycles. The van der Waals surface area contributed by atoms with Crippen molar-refractivity contribution in [3.63, 3.8) is 0 Å². The molecule has 1 unspecified atom stereocenters. The van der Waals surface area contributed by atoms with Crippen LogP contribution in [0.3, 0.4) is 0 Å². The molecule has 3 heteroatoms. The van der Waals surface area contributed by atoms with Crippen molar-refractivity contribution in [1.82, 2.24) is 5.48 Å². The third-order valence-corrected chi connectivity index (χ3v) is 2.31. The van der Waals surface area contributed by atoms with Gasteiger partial charge in [-0.15, -0.1) is 0 Å². The normalized spacial score (nSPS) is 12.6. The average Bonchev–Trinajstić information content (AvgIpc) is 2.85. The summed E-state index contributed by atoms with van der Waals surface area (Å²) in [4.78, 5) is 5.26. The van der Waals surface area contributed by atoms with Crippen LogP contribution in [0.4, 0.5) is 0 Å². The van der Waals surface area contributed by atoms with Gasteiger partial charge in [0.05, 0.1) is 12.9 Å². The molecule has 1 heterocycles. The van der Waals surface area contributed by atoms with Gasteiger partial charge >= 0.3 is 0 Å². The summed E-state index contributed by atoms with van der Waals surface area (Å²) < 4.78 is 5.40. The Bertz CT molecular complexity index is 397. The van der Waals surface area contributed by atoms with E-state index in [-0.39, 0.29) is 6.04 Å². The van der Waals surface area contributed by atoms with Crippen LogP contribution < -0.4 is 5.48 Å². The Morgan fingerprint density at radius 3 is 2.62 bits per heavy atom. The van der Waals surface area contributed by atoms with Gasteiger partial charge in [0.25, 0.3) is 0 Å². The summed E-state index contributed by atoms with van der Waals surface area (Å²) in [7, 11) is 0. The van der Waals surface area contributed by atoms with Gasteiger partial charge in [0, 0.05) is 0 Å². The molecule has 0 radical (unpaired) electrons. The molecule has 1 aromatic heterocycles. The number of hydroxylamine groups is 1. The van der Waals surface area contributed by atoms with E-state index in [0.717, 1.165) is 11.3 Å². The average molecular weight is 217 g/mol. The van der Waals surface area contributed by atoms with Crippen molar-refractivity contribution in [3.8, 4) is 0 Å². The lowest BCUT2D eigenvalue weighted by molar-refractivity contribution is 0.0288. The lowest BCUT2D eigenvalue weighted by atomic mass is 10.1. The minimum absolute atomic E-state index is 0.0591. The zero-order chi connectivity index (χ0) is 11.2. The summed E-state index contributed by atoms with van der Waals surface area (Å²) in [6, 6.07) is 13.8. The Hall–Kier alpha value is -1.58. The fraction of sp³-hybridized carbons (Fsp3) is 0.231. The second-order valence-corrected chi connectivity index (χ2v) is 3.41. The van der Waals surface area contributed by atoms with E-state index in [9.17, 15) is 0 Å². The molecule has 3 nitrogen and oxygen atoms in total. The summed E-state index contributed by atoms with van der Waals surface area (Å²) in [5.74, 6) is 0.847. The van der Waals surface area contributed by atoms with Crippen molar-refractivity contribution in [3.05, 3.63) is 60.1 Å². The van der Waals surface area contributed by atoms with E-state index in [1.54, 1.807) is 6.26 Å². The standard InChI is InChI=1S/C13H15NO2/c1-2-16-14-13(12-9-6-10-15-12)11-7-4-3-5-8-11/h3-10,13-14H,2H2,1H3. The van der Waals surface area contributed by atoms with Crippen molar-refractivity contribution < 1.29 is 9.25 Å². The molecule has 0 saturated carbocycles. The molecule has 0 aliphatic carbocycles. The SMILES string of the molecule is CCONC(c1ccccc1)c1ccco1. The van der Waals surface area contributed by atoms with Crippen molar-refractivity contribution in [1.29, 1.82) is 0 Å². The lowest BCUT2D eigenvalue weighted by Gasteiger charge is -2.16. The molecule has 0 bridgehead atoms. The molecule has 84 valence electrons. The molecule has 0 aliphatic heterocycles. The zero-order valence-electron chi connectivity index (χ0n) is 9.22. The summed E-state index contributed by atoms with van der Waals surface area (Å²) in [6.45, 7) is 2.56. The van der Waals surface area contributed by atoms with Crippen molar-refractivity contribution in [2.75, 3.05) is 6.61 Å². The zero-order valence-corrected chi connectivity index (χ0v) is 9.22. The largest absolute Gasteiger partial charge is 0.467 e. The Morgan fingerprint density at radius 1 is 1.19 bits per heavy atom. The number of hydrogen-bond donors (Lipinski definition) is 1. The van der Waals surface area contributed by atoms with Gasteiger partial charge in [0.1, 0.15) is 11.8 Å². The Morgan fingerprint density at radius 2 is 2.00 bits per heavy atom. The molecule has 0 spiro atoms. The molecule has 0 saturated heterocycles.